The molecule has 0 aromatic heterocycles. The summed E-state index contributed by atoms with van der Waals surface area (Å²) in [4.78, 5) is 16.1. The quantitative estimate of drug-likeness (QED) is 0.564. The van der Waals surface area contributed by atoms with Crippen molar-refractivity contribution in [1.82, 2.24) is 0 Å². The number of halogens is 3. The Labute approximate surface area is 165 Å². The van der Waals surface area contributed by atoms with E-state index in [0.29, 0.717) is 17.0 Å². The van der Waals surface area contributed by atoms with Crippen molar-refractivity contribution in [3.05, 3.63) is 89.0 Å². The molecular formula is C21H15ClF2N2O2. The van der Waals surface area contributed by atoms with E-state index in [-0.39, 0.29) is 23.1 Å². The molecule has 0 heterocycles. The first kappa shape index (κ1) is 19.5. The molecule has 0 atom stereocenters. The van der Waals surface area contributed by atoms with E-state index < -0.39 is 11.7 Å². The van der Waals surface area contributed by atoms with Crippen LogP contribution in [0, 0.1) is 11.6 Å². The zero-order chi connectivity index (χ0) is 19.9. The fourth-order valence-corrected chi connectivity index (χ4v) is 2.56. The third-order valence-electron chi connectivity index (χ3n) is 3.63. The second kappa shape index (κ2) is 9.10. The predicted octanol–water partition coefficient (Wildman–Crippen LogP) is 5.39. The van der Waals surface area contributed by atoms with Gasteiger partial charge in [0.1, 0.15) is 17.4 Å². The lowest BCUT2D eigenvalue weighted by molar-refractivity contribution is -0.118. The molecule has 4 nitrogen and oxygen atoms in total. The number of carbonyl (C=O) groups is 1. The summed E-state index contributed by atoms with van der Waals surface area (Å²) >= 11 is 6.17. The van der Waals surface area contributed by atoms with E-state index in [1.54, 1.807) is 36.4 Å². The zero-order valence-electron chi connectivity index (χ0n) is 14.5. The van der Waals surface area contributed by atoms with Crippen LogP contribution < -0.4 is 10.1 Å². The van der Waals surface area contributed by atoms with Gasteiger partial charge in [0.2, 0.25) is 0 Å². The minimum Gasteiger partial charge on any atom is -0.482 e. The summed E-state index contributed by atoms with van der Waals surface area (Å²) < 4.78 is 32.1. The summed E-state index contributed by atoms with van der Waals surface area (Å²) in [5.41, 5.74) is 1.23. The lowest BCUT2D eigenvalue weighted by atomic mass is 10.2. The van der Waals surface area contributed by atoms with Crippen LogP contribution in [0.25, 0.3) is 0 Å². The molecule has 0 bridgehead atoms. The molecule has 0 aliphatic rings. The Kier molecular flexibility index (Phi) is 6.34. The largest absolute Gasteiger partial charge is 0.482 e. The maximum Gasteiger partial charge on any atom is 0.262 e. The molecule has 0 unspecified atom stereocenters. The van der Waals surface area contributed by atoms with E-state index in [0.717, 1.165) is 0 Å². The average Bonchev–Trinajstić information content (AvgIpc) is 2.67. The Bertz CT molecular complexity index is 1020. The van der Waals surface area contributed by atoms with Crippen LogP contribution in [-0.2, 0) is 4.79 Å². The lowest BCUT2D eigenvalue weighted by Crippen LogP contribution is -2.20. The van der Waals surface area contributed by atoms with Gasteiger partial charge >= 0.3 is 0 Å². The topological polar surface area (TPSA) is 50.7 Å². The number of anilines is 1. The monoisotopic (exact) mass is 400 g/mol. The molecular weight excluding hydrogens is 386 g/mol. The summed E-state index contributed by atoms with van der Waals surface area (Å²) in [5, 5.41) is 2.70. The van der Waals surface area contributed by atoms with Crippen LogP contribution >= 0.6 is 11.6 Å². The first-order valence-corrected chi connectivity index (χ1v) is 8.65. The lowest BCUT2D eigenvalue weighted by Gasteiger charge is -2.09. The van der Waals surface area contributed by atoms with Crippen LogP contribution in [0.4, 0.5) is 20.2 Å². The van der Waals surface area contributed by atoms with Crippen molar-refractivity contribution in [3.8, 4) is 5.75 Å². The summed E-state index contributed by atoms with van der Waals surface area (Å²) in [6, 6.07) is 16.6. The van der Waals surface area contributed by atoms with Gasteiger partial charge in [-0.2, -0.15) is 0 Å². The third kappa shape index (κ3) is 5.37. The molecule has 0 spiro atoms. The van der Waals surface area contributed by atoms with Gasteiger partial charge in [0.25, 0.3) is 5.91 Å². The Morgan fingerprint density at radius 2 is 1.89 bits per heavy atom. The standard InChI is InChI=1S/C21H15ClF2N2O2/c22-17-10-14(12-25-16-5-3-4-15(23)11-16)8-9-20(17)28-13-21(27)26-19-7-2-1-6-18(19)24/h1-12H,13H2,(H,26,27). The molecule has 7 heteroatoms. The summed E-state index contributed by atoms with van der Waals surface area (Å²) in [5.74, 6) is -1.12. The molecule has 1 N–H and O–H groups in total. The van der Waals surface area contributed by atoms with Gasteiger partial charge in [-0.05, 0) is 54.1 Å². The number of benzene rings is 3. The number of hydrogen-bond donors (Lipinski definition) is 1. The van der Waals surface area contributed by atoms with Crippen LogP contribution in [0.1, 0.15) is 5.56 Å². The smallest absolute Gasteiger partial charge is 0.262 e. The average molecular weight is 401 g/mol. The number of rotatable bonds is 6. The van der Waals surface area contributed by atoms with Gasteiger partial charge in [-0.3, -0.25) is 9.79 Å². The molecule has 0 fully saturated rings. The minimum absolute atomic E-state index is 0.0751. The SMILES string of the molecule is O=C(COc1ccc(C=Nc2cccc(F)c2)cc1Cl)Nc1ccccc1F. The van der Waals surface area contributed by atoms with E-state index in [1.807, 2.05) is 0 Å². The van der Waals surface area contributed by atoms with Crippen LogP contribution in [0.15, 0.2) is 71.7 Å². The maximum atomic E-state index is 13.5. The molecule has 3 aromatic carbocycles. The second-order valence-corrected chi connectivity index (χ2v) is 6.15. The van der Waals surface area contributed by atoms with E-state index in [2.05, 4.69) is 10.3 Å². The maximum absolute atomic E-state index is 13.5. The highest BCUT2D eigenvalue weighted by atomic mass is 35.5. The van der Waals surface area contributed by atoms with Crippen molar-refractivity contribution in [2.75, 3.05) is 11.9 Å². The van der Waals surface area contributed by atoms with Gasteiger partial charge in [-0.25, -0.2) is 8.78 Å². The highest BCUT2D eigenvalue weighted by Gasteiger charge is 2.09. The summed E-state index contributed by atoms with van der Waals surface area (Å²) in [6.07, 6.45) is 1.54. The van der Waals surface area contributed by atoms with Crippen molar-refractivity contribution in [1.29, 1.82) is 0 Å². The molecule has 3 rings (SSSR count). The first-order chi connectivity index (χ1) is 13.5. The highest BCUT2D eigenvalue weighted by Crippen LogP contribution is 2.25. The number of para-hydroxylation sites is 1. The first-order valence-electron chi connectivity index (χ1n) is 8.27. The number of ether oxygens (including phenoxy) is 1. The molecule has 0 aliphatic carbocycles. The van der Waals surface area contributed by atoms with Crippen LogP contribution in [0.5, 0.6) is 5.75 Å². The summed E-state index contributed by atoms with van der Waals surface area (Å²) in [6.45, 7) is -0.329. The van der Waals surface area contributed by atoms with Gasteiger partial charge in [-0.15, -0.1) is 0 Å². The molecule has 0 saturated heterocycles. The number of aliphatic imine (C=N–C) groups is 1. The van der Waals surface area contributed by atoms with Gasteiger partial charge in [-0.1, -0.05) is 29.8 Å². The van der Waals surface area contributed by atoms with Crippen molar-refractivity contribution in [2.45, 2.75) is 0 Å². The summed E-state index contributed by atoms with van der Waals surface area (Å²) in [7, 11) is 0. The van der Waals surface area contributed by atoms with E-state index in [1.165, 1.54) is 36.5 Å². The van der Waals surface area contributed by atoms with Crippen LogP contribution in [0.2, 0.25) is 5.02 Å². The van der Waals surface area contributed by atoms with Gasteiger partial charge in [0.05, 0.1) is 16.4 Å². The van der Waals surface area contributed by atoms with Crippen molar-refractivity contribution in [3.63, 3.8) is 0 Å². The Balaban J connectivity index is 1.59. The number of hydrogen-bond acceptors (Lipinski definition) is 3. The number of nitrogens with zero attached hydrogens (tertiary/aromatic N) is 1. The van der Waals surface area contributed by atoms with E-state index >= 15 is 0 Å². The molecule has 1 amide bonds. The normalized spacial score (nSPS) is 10.8. The number of nitrogens with one attached hydrogen (secondary N) is 1. The van der Waals surface area contributed by atoms with Crippen LogP contribution in [-0.4, -0.2) is 18.7 Å². The van der Waals surface area contributed by atoms with Crippen molar-refractivity contribution < 1.29 is 18.3 Å². The van der Waals surface area contributed by atoms with Gasteiger partial charge in [0, 0.05) is 6.21 Å². The number of amides is 1. The van der Waals surface area contributed by atoms with Crippen LogP contribution in [0.3, 0.4) is 0 Å². The minimum atomic E-state index is -0.532. The van der Waals surface area contributed by atoms with Gasteiger partial charge in [0.15, 0.2) is 6.61 Å². The molecule has 28 heavy (non-hydrogen) atoms. The van der Waals surface area contributed by atoms with Crippen molar-refractivity contribution >= 4 is 35.1 Å². The Morgan fingerprint density at radius 1 is 1.07 bits per heavy atom. The molecule has 3 aromatic rings. The Hall–Kier alpha value is -3.25. The molecule has 142 valence electrons. The van der Waals surface area contributed by atoms with Gasteiger partial charge < -0.3 is 10.1 Å². The second-order valence-electron chi connectivity index (χ2n) is 5.74. The molecule has 0 saturated carbocycles. The predicted molar refractivity (Wildman–Crippen MR) is 106 cm³/mol. The molecule has 0 radical (unpaired) electrons. The fraction of sp³-hybridized carbons (Fsp3) is 0.0476. The van der Waals surface area contributed by atoms with Crippen molar-refractivity contribution in [2.24, 2.45) is 4.99 Å². The van der Waals surface area contributed by atoms with E-state index in [9.17, 15) is 13.6 Å². The fourth-order valence-electron chi connectivity index (χ4n) is 2.31. The molecule has 0 aliphatic heterocycles. The zero-order valence-corrected chi connectivity index (χ0v) is 15.3. The van der Waals surface area contributed by atoms with E-state index in [4.69, 9.17) is 16.3 Å². The highest BCUT2D eigenvalue weighted by molar-refractivity contribution is 6.32. The Morgan fingerprint density at radius 3 is 2.64 bits per heavy atom. The number of carbonyl (C=O) groups excluding carboxylic acids is 1. The third-order valence-corrected chi connectivity index (χ3v) is 3.93.